The van der Waals surface area contributed by atoms with Crippen molar-refractivity contribution in [2.45, 2.75) is 17.3 Å². The van der Waals surface area contributed by atoms with Gasteiger partial charge in [-0.15, -0.1) is 10.2 Å². The van der Waals surface area contributed by atoms with Gasteiger partial charge in [0.05, 0.1) is 21.5 Å². The number of anilines is 1. The molecule has 1 atom stereocenters. The van der Waals surface area contributed by atoms with Crippen LogP contribution in [0.3, 0.4) is 0 Å². The van der Waals surface area contributed by atoms with Crippen molar-refractivity contribution in [3.05, 3.63) is 64.6 Å². The lowest BCUT2D eigenvalue weighted by Gasteiger charge is -2.13. The first-order valence-corrected chi connectivity index (χ1v) is 9.82. The Bertz CT molecular complexity index is 1160. The molecule has 0 fully saturated rings. The molecular weight excluding hydrogens is 403 g/mol. The summed E-state index contributed by atoms with van der Waals surface area (Å²) in [5.74, 6) is -0.193. The number of carbonyl (C=O) groups is 1. The molecular formula is C19H14Cl2N4OS. The lowest BCUT2D eigenvalue weighted by Crippen LogP contribution is -2.22. The van der Waals surface area contributed by atoms with Gasteiger partial charge in [0, 0.05) is 5.02 Å². The van der Waals surface area contributed by atoms with Crippen LogP contribution in [0, 0.1) is 0 Å². The molecule has 0 aliphatic heterocycles. The van der Waals surface area contributed by atoms with E-state index in [2.05, 4.69) is 15.5 Å². The molecule has 1 N–H and O–H groups in total. The lowest BCUT2D eigenvalue weighted by atomic mass is 10.2. The predicted octanol–water partition coefficient (Wildman–Crippen LogP) is 5.31. The third-order valence-corrected chi connectivity index (χ3v) is 5.69. The van der Waals surface area contributed by atoms with Crippen molar-refractivity contribution in [2.75, 3.05) is 5.32 Å². The molecule has 2 heterocycles. The van der Waals surface area contributed by atoms with E-state index in [-0.39, 0.29) is 5.91 Å². The van der Waals surface area contributed by atoms with Crippen molar-refractivity contribution in [3.63, 3.8) is 0 Å². The zero-order valence-corrected chi connectivity index (χ0v) is 16.5. The van der Waals surface area contributed by atoms with E-state index in [4.69, 9.17) is 23.2 Å². The highest BCUT2D eigenvalue weighted by molar-refractivity contribution is 8.00. The van der Waals surface area contributed by atoms with Crippen LogP contribution >= 0.6 is 35.0 Å². The Morgan fingerprint density at radius 2 is 1.93 bits per heavy atom. The summed E-state index contributed by atoms with van der Waals surface area (Å²) >= 11 is 13.4. The van der Waals surface area contributed by atoms with Gasteiger partial charge in [-0.1, -0.05) is 53.2 Å². The van der Waals surface area contributed by atoms with Crippen LogP contribution in [0.5, 0.6) is 0 Å². The molecule has 4 aromatic rings. The fraction of sp³-hybridized carbons (Fsp3) is 0.105. The predicted molar refractivity (Wildman–Crippen MR) is 111 cm³/mol. The summed E-state index contributed by atoms with van der Waals surface area (Å²) in [6.45, 7) is 1.81. The minimum Gasteiger partial charge on any atom is -0.324 e. The Balaban J connectivity index is 1.61. The first-order valence-electron chi connectivity index (χ1n) is 8.18. The second-order valence-electron chi connectivity index (χ2n) is 5.94. The minimum atomic E-state index is -0.411. The third-order valence-electron chi connectivity index (χ3n) is 4.09. The van der Waals surface area contributed by atoms with Gasteiger partial charge in [-0.3, -0.25) is 9.20 Å². The van der Waals surface area contributed by atoms with Crippen LogP contribution in [0.4, 0.5) is 5.69 Å². The minimum absolute atomic E-state index is 0.193. The number of halogens is 2. The number of hydrogen-bond acceptors (Lipinski definition) is 4. The summed E-state index contributed by atoms with van der Waals surface area (Å²) in [5, 5.41) is 13.5. The molecule has 4 rings (SSSR count). The van der Waals surface area contributed by atoms with Crippen molar-refractivity contribution >= 4 is 63.1 Å². The molecule has 0 aliphatic carbocycles. The van der Waals surface area contributed by atoms with Gasteiger partial charge in [-0.2, -0.15) is 0 Å². The number of amides is 1. The lowest BCUT2D eigenvalue weighted by molar-refractivity contribution is -0.115. The van der Waals surface area contributed by atoms with E-state index in [1.165, 1.54) is 11.8 Å². The normalized spacial score (nSPS) is 12.4. The maximum atomic E-state index is 12.6. The summed E-state index contributed by atoms with van der Waals surface area (Å²) in [4.78, 5) is 12.6. The van der Waals surface area contributed by atoms with Crippen LogP contribution in [0.25, 0.3) is 16.6 Å². The van der Waals surface area contributed by atoms with Crippen molar-refractivity contribution in [3.8, 4) is 0 Å². The van der Waals surface area contributed by atoms with E-state index in [0.717, 1.165) is 16.6 Å². The smallest absolute Gasteiger partial charge is 0.237 e. The quantitative estimate of drug-likeness (QED) is 0.458. The zero-order chi connectivity index (χ0) is 19.0. The van der Waals surface area contributed by atoms with Gasteiger partial charge in [0.2, 0.25) is 5.91 Å². The fourth-order valence-electron chi connectivity index (χ4n) is 2.73. The Labute approximate surface area is 169 Å². The summed E-state index contributed by atoms with van der Waals surface area (Å²) in [5.41, 5.74) is 2.22. The van der Waals surface area contributed by atoms with Crippen LogP contribution in [-0.2, 0) is 4.79 Å². The summed E-state index contributed by atoms with van der Waals surface area (Å²) in [6, 6.07) is 16.8. The molecule has 1 unspecified atom stereocenters. The van der Waals surface area contributed by atoms with E-state index in [1.807, 2.05) is 47.7 Å². The van der Waals surface area contributed by atoms with Gasteiger partial charge in [0.15, 0.2) is 10.8 Å². The number of carbonyl (C=O) groups excluding carboxylic acids is 1. The molecule has 0 spiro atoms. The van der Waals surface area contributed by atoms with Gasteiger partial charge >= 0.3 is 0 Å². The second kappa shape index (κ2) is 7.38. The number of fused-ring (bicyclic) bond motifs is 3. The van der Waals surface area contributed by atoms with Gasteiger partial charge < -0.3 is 5.32 Å². The summed E-state index contributed by atoms with van der Waals surface area (Å²) in [6.07, 6.45) is 0. The third kappa shape index (κ3) is 3.60. The highest BCUT2D eigenvalue weighted by Crippen LogP contribution is 2.29. The number of para-hydroxylation sites is 1. The molecule has 1 amide bonds. The molecule has 0 bridgehead atoms. The Morgan fingerprint density at radius 3 is 2.78 bits per heavy atom. The van der Waals surface area contributed by atoms with Crippen molar-refractivity contribution < 1.29 is 4.79 Å². The van der Waals surface area contributed by atoms with Crippen LogP contribution < -0.4 is 5.32 Å². The molecule has 27 heavy (non-hydrogen) atoms. The van der Waals surface area contributed by atoms with Crippen LogP contribution in [-0.4, -0.2) is 25.8 Å². The monoisotopic (exact) mass is 416 g/mol. The maximum Gasteiger partial charge on any atom is 0.237 e. The molecule has 2 aromatic heterocycles. The largest absolute Gasteiger partial charge is 0.324 e. The van der Waals surface area contributed by atoms with Gasteiger partial charge in [-0.05, 0) is 48.7 Å². The highest BCUT2D eigenvalue weighted by atomic mass is 35.5. The number of rotatable bonds is 4. The molecule has 5 nitrogen and oxygen atoms in total. The molecule has 8 heteroatoms. The topological polar surface area (TPSA) is 59.3 Å². The number of hydrogen-bond donors (Lipinski definition) is 1. The van der Waals surface area contributed by atoms with Gasteiger partial charge in [0.1, 0.15) is 0 Å². The average molecular weight is 417 g/mol. The first kappa shape index (κ1) is 18.1. The Morgan fingerprint density at radius 1 is 1.11 bits per heavy atom. The molecule has 0 aliphatic rings. The Kier molecular flexibility index (Phi) is 4.95. The van der Waals surface area contributed by atoms with E-state index in [0.29, 0.717) is 20.9 Å². The number of nitrogens with zero attached hydrogens (tertiary/aromatic N) is 3. The average Bonchev–Trinajstić information content (AvgIpc) is 3.08. The summed E-state index contributed by atoms with van der Waals surface area (Å²) < 4.78 is 1.95. The van der Waals surface area contributed by atoms with E-state index in [9.17, 15) is 4.79 Å². The van der Waals surface area contributed by atoms with Gasteiger partial charge in [-0.25, -0.2) is 0 Å². The number of aromatic nitrogens is 3. The summed E-state index contributed by atoms with van der Waals surface area (Å²) in [7, 11) is 0. The SMILES string of the molecule is CC(Sc1nnc2ccc3ccccc3n12)C(=O)Nc1cc(Cl)ccc1Cl. The van der Waals surface area contributed by atoms with E-state index < -0.39 is 5.25 Å². The van der Waals surface area contributed by atoms with Crippen molar-refractivity contribution in [1.29, 1.82) is 0 Å². The maximum absolute atomic E-state index is 12.6. The van der Waals surface area contributed by atoms with E-state index >= 15 is 0 Å². The van der Waals surface area contributed by atoms with E-state index in [1.54, 1.807) is 18.2 Å². The molecule has 136 valence electrons. The van der Waals surface area contributed by atoms with Crippen molar-refractivity contribution in [2.24, 2.45) is 0 Å². The zero-order valence-electron chi connectivity index (χ0n) is 14.2. The standard InChI is InChI=1S/C19H14Cl2N4OS/c1-11(18(26)22-15-10-13(20)7-8-14(15)21)27-19-24-23-17-9-6-12-4-2-3-5-16(12)25(17)19/h2-11H,1H3,(H,22,26). The first-order chi connectivity index (χ1) is 13.0. The molecule has 0 saturated carbocycles. The van der Waals surface area contributed by atoms with Gasteiger partial charge in [0.25, 0.3) is 0 Å². The van der Waals surface area contributed by atoms with Crippen LogP contribution in [0.2, 0.25) is 10.0 Å². The number of pyridine rings is 1. The van der Waals surface area contributed by atoms with Crippen molar-refractivity contribution in [1.82, 2.24) is 14.6 Å². The Hall–Kier alpha value is -2.28. The fourth-order valence-corrected chi connectivity index (χ4v) is 3.93. The number of thioether (sulfide) groups is 1. The molecule has 0 radical (unpaired) electrons. The molecule has 2 aromatic carbocycles. The second-order valence-corrected chi connectivity index (χ2v) is 8.09. The molecule has 0 saturated heterocycles. The van der Waals surface area contributed by atoms with Crippen LogP contribution in [0.1, 0.15) is 6.92 Å². The number of benzene rings is 2. The van der Waals surface area contributed by atoms with Crippen LogP contribution in [0.15, 0.2) is 59.8 Å². The number of nitrogens with one attached hydrogen (secondary N) is 1. The highest BCUT2D eigenvalue weighted by Gasteiger charge is 2.20.